The fourth-order valence-electron chi connectivity index (χ4n) is 1.71. The molecular weight excluding hydrogens is 222 g/mol. The topological polar surface area (TPSA) is 94.5 Å². The van der Waals surface area contributed by atoms with Crippen molar-refractivity contribution in [3.05, 3.63) is 17.7 Å². The van der Waals surface area contributed by atoms with Crippen LogP contribution in [-0.2, 0) is 13.0 Å². The molecule has 1 saturated carbocycles. The van der Waals surface area contributed by atoms with Crippen LogP contribution in [0.2, 0.25) is 0 Å². The molecule has 1 aliphatic carbocycles. The minimum Gasteiger partial charge on any atom is -0.396 e. The van der Waals surface area contributed by atoms with Crippen LogP contribution in [0.1, 0.15) is 30.4 Å². The molecule has 0 unspecified atom stereocenters. The van der Waals surface area contributed by atoms with Gasteiger partial charge >= 0.3 is 0 Å². The van der Waals surface area contributed by atoms with Crippen molar-refractivity contribution in [2.45, 2.75) is 31.8 Å². The molecule has 2 aromatic rings. The Morgan fingerprint density at radius 3 is 2.94 bits per heavy atom. The molecule has 2 heterocycles. The number of aromatic nitrogens is 7. The van der Waals surface area contributed by atoms with E-state index in [0.717, 1.165) is 24.4 Å². The summed E-state index contributed by atoms with van der Waals surface area (Å²) in [5.41, 5.74) is 0.776. The van der Waals surface area contributed by atoms with Crippen LogP contribution in [0.25, 0.3) is 0 Å². The van der Waals surface area contributed by atoms with E-state index in [1.807, 2.05) is 10.9 Å². The predicted molar refractivity (Wildman–Crippen MR) is 56.0 cm³/mol. The Kier molecular flexibility index (Phi) is 2.56. The molecule has 0 bridgehead atoms. The Hall–Kier alpha value is -1.83. The van der Waals surface area contributed by atoms with Crippen LogP contribution < -0.4 is 0 Å². The van der Waals surface area contributed by atoms with Crippen molar-refractivity contribution in [3.63, 3.8) is 0 Å². The Balaban J connectivity index is 1.74. The minimum absolute atomic E-state index is 0.0819. The fourth-order valence-corrected chi connectivity index (χ4v) is 1.71. The molecule has 8 nitrogen and oxygen atoms in total. The summed E-state index contributed by atoms with van der Waals surface area (Å²) in [6.45, 7) is 0.598. The van der Waals surface area contributed by atoms with Crippen molar-refractivity contribution in [1.29, 1.82) is 0 Å². The zero-order valence-corrected chi connectivity index (χ0v) is 9.27. The standard InChI is InChI=1S/C9H13N7O/c17-4-3-7-5-15(13-10-7)6-9-11-12-14-16(9)8-1-2-8/h5,8,17H,1-4,6H2. The number of hydrogen-bond acceptors (Lipinski definition) is 6. The second kappa shape index (κ2) is 4.21. The van der Waals surface area contributed by atoms with E-state index in [1.54, 1.807) is 4.68 Å². The molecule has 0 atom stereocenters. The van der Waals surface area contributed by atoms with Crippen LogP contribution in [0.5, 0.6) is 0 Å². The number of tetrazole rings is 1. The van der Waals surface area contributed by atoms with Gasteiger partial charge in [-0.25, -0.2) is 9.36 Å². The molecule has 8 heteroatoms. The van der Waals surface area contributed by atoms with Gasteiger partial charge in [0.15, 0.2) is 5.82 Å². The molecule has 0 spiro atoms. The third kappa shape index (κ3) is 2.16. The fraction of sp³-hybridized carbons (Fsp3) is 0.667. The second-order valence-electron chi connectivity index (χ2n) is 4.15. The molecule has 0 amide bonds. The van der Waals surface area contributed by atoms with Crippen LogP contribution in [-0.4, -0.2) is 46.9 Å². The second-order valence-corrected chi connectivity index (χ2v) is 4.15. The van der Waals surface area contributed by atoms with E-state index < -0.39 is 0 Å². The lowest BCUT2D eigenvalue weighted by Crippen LogP contribution is -2.09. The molecule has 17 heavy (non-hydrogen) atoms. The molecular formula is C9H13N7O. The smallest absolute Gasteiger partial charge is 0.173 e. The van der Waals surface area contributed by atoms with Crippen molar-refractivity contribution in [2.24, 2.45) is 0 Å². The number of hydrogen-bond donors (Lipinski definition) is 1. The van der Waals surface area contributed by atoms with Gasteiger partial charge in [-0.2, -0.15) is 0 Å². The van der Waals surface area contributed by atoms with Crippen molar-refractivity contribution in [2.75, 3.05) is 6.61 Å². The van der Waals surface area contributed by atoms with Crippen LogP contribution in [0.15, 0.2) is 6.20 Å². The van der Waals surface area contributed by atoms with Gasteiger partial charge in [-0.1, -0.05) is 5.21 Å². The van der Waals surface area contributed by atoms with Crippen molar-refractivity contribution < 1.29 is 5.11 Å². The first kappa shape index (κ1) is 10.3. The van der Waals surface area contributed by atoms with Gasteiger partial charge in [0.1, 0.15) is 6.54 Å². The van der Waals surface area contributed by atoms with Crippen LogP contribution >= 0.6 is 0 Å². The maximum atomic E-state index is 8.80. The average Bonchev–Trinajstić information content (AvgIpc) is 2.91. The highest BCUT2D eigenvalue weighted by molar-refractivity contribution is 4.95. The Labute approximate surface area is 97.2 Å². The lowest BCUT2D eigenvalue weighted by molar-refractivity contribution is 0.298. The summed E-state index contributed by atoms with van der Waals surface area (Å²) in [6, 6.07) is 0.459. The normalized spacial score (nSPS) is 15.4. The highest BCUT2D eigenvalue weighted by Crippen LogP contribution is 2.34. The number of aliphatic hydroxyl groups excluding tert-OH is 1. The van der Waals surface area contributed by atoms with E-state index in [1.165, 1.54) is 0 Å². The molecule has 0 radical (unpaired) electrons. The van der Waals surface area contributed by atoms with Gasteiger partial charge in [0, 0.05) is 19.2 Å². The molecule has 1 aliphatic rings. The highest BCUT2D eigenvalue weighted by Gasteiger charge is 2.27. The summed E-state index contributed by atoms with van der Waals surface area (Å²) in [5, 5.41) is 28.4. The van der Waals surface area contributed by atoms with E-state index in [0.29, 0.717) is 19.0 Å². The van der Waals surface area contributed by atoms with Crippen molar-refractivity contribution in [3.8, 4) is 0 Å². The molecule has 0 saturated heterocycles. The summed E-state index contributed by atoms with van der Waals surface area (Å²) < 4.78 is 3.54. The zero-order valence-electron chi connectivity index (χ0n) is 9.27. The highest BCUT2D eigenvalue weighted by atomic mass is 16.3. The number of aliphatic hydroxyl groups is 1. The van der Waals surface area contributed by atoms with Gasteiger partial charge in [0.25, 0.3) is 0 Å². The maximum Gasteiger partial charge on any atom is 0.173 e. The summed E-state index contributed by atoms with van der Waals surface area (Å²) in [7, 11) is 0. The molecule has 90 valence electrons. The van der Waals surface area contributed by atoms with E-state index in [4.69, 9.17) is 5.11 Å². The third-order valence-electron chi connectivity index (χ3n) is 2.71. The van der Waals surface area contributed by atoms with Gasteiger partial charge in [0.05, 0.1) is 11.7 Å². The van der Waals surface area contributed by atoms with Gasteiger partial charge in [0.2, 0.25) is 0 Å². The van der Waals surface area contributed by atoms with E-state index in [9.17, 15) is 0 Å². The quantitative estimate of drug-likeness (QED) is 0.727. The van der Waals surface area contributed by atoms with Crippen LogP contribution in [0.3, 0.4) is 0 Å². The summed E-state index contributed by atoms with van der Waals surface area (Å²) >= 11 is 0. The van der Waals surface area contributed by atoms with E-state index in [2.05, 4.69) is 25.8 Å². The number of nitrogens with zero attached hydrogens (tertiary/aromatic N) is 7. The first-order valence-corrected chi connectivity index (χ1v) is 5.63. The Morgan fingerprint density at radius 1 is 1.29 bits per heavy atom. The minimum atomic E-state index is 0.0819. The molecule has 2 aromatic heterocycles. The van der Waals surface area contributed by atoms with Gasteiger partial charge in [-0.05, 0) is 23.3 Å². The summed E-state index contributed by atoms with van der Waals surface area (Å²) in [4.78, 5) is 0. The predicted octanol–water partition coefficient (Wildman–Crippen LogP) is -0.817. The third-order valence-corrected chi connectivity index (χ3v) is 2.71. The Bertz CT molecular complexity index is 501. The van der Waals surface area contributed by atoms with Gasteiger partial charge in [-0.3, -0.25) is 0 Å². The molecule has 1 N–H and O–H groups in total. The lowest BCUT2D eigenvalue weighted by atomic mass is 10.3. The molecule has 0 aliphatic heterocycles. The van der Waals surface area contributed by atoms with E-state index >= 15 is 0 Å². The maximum absolute atomic E-state index is 8.80. The van der Waals surface area contributed by atoms with Gasteiger partial charge < -0.3 is 5.11 Å². The average molecular weight is 235 g/mol. The Morgan fingerprint density at radius 2 is 2.18 bits per heavy atom. The van der Waals surface area contributed by atoms with E-state index in [-0.39, 0.29) is 6.61 Å². The lowest BCUT2D eigenvalue weighted by Gasteiger charge is -2.01. The zero-order chi connectivity index (χ0) is 11.7. The van der Waals surface area contributed by atoms with Crippen molar-refractivity contribution >= 4 is 0 Å². The molecule has 1 fully saturated rings. The molecule has 0 aromatic carbocycles. The summed E-state index contributed by atoms with van der Waals surface area (Å²) in [6.07, 6.45) is 4.62. The molecule has 3 rings (SSSR count). The SMILES string of the molecule is OCCc1cn(Cc2nnnn2C2CC2)nn1. The van der Waals surface area contributed by atoms with Crippen LogP contribution in [0, 0.1) is 0 Å². The summed E-state index contributed by atoms with van der Waals surface area (Å²) in [5.74, 6) is 0.799. The largest absolute Gasteiger partial charge is 0.396 e. The first-order valence-electron chi connectivity index (χ1n) is 5.63. The monoisotopic (exact) mass is 235 g/mol. The van der Waals surface area contributed by atoms with Crippen LogP contribution in [0.4, 0.5) is 0 Å². The first-order chi connectivity index (χ1) is 8.36. The van der Waals surface area contributed by atoms with Crippen molar-refractivity contribution in [1.82, 2.24) is 35.2 Å². The van der Waals surface area contributed by atoms with Gasteiger partial charge in [-0.15, -0.1) is 10.2 Å². The number of rotatable bonds is 5.